The summed E-state index contributed by atoms with van der Waals surface area (Å²) in [4.78, 5) is 18.9. The lowest BCUT2D eigenvalue weighted by Crippen LogP contribution is -2.36. The molecule has 0 bridgehead atoms. The number of oxazole rings is 1. The maximum Gasteiger partial charge on any atom is 0.276 e. The van der Waals surface area contributed by atoms with Crippen molar-refractivity contribution < 1.29 is 9.21 Å². The lowest BCUT2D eigenvalue weighted by molar-refractivity contribution is 0.0726. The van der Waals surface area contributed by atoms with Gasteiger partial charge in [0, 0.05) is 37.2 Å². The standard InChI is InChI=1S/C20H28N4O2/c1-2-18-19(21-13-26-18)20(25)24-11-10-17-15(12-24)16(22-23-17)9-8-14-6-4-3-5-7-14/h13-14H,2-12H2,1H3,(H,22,23). The van der Waals surface area contributed by atoms with Gasteiger partial charge in [0.25, 0.3) is 5.91 Å². The van der Waals surface area contributed by atoms with E-state index in [2.05, 4.69) is 15.2 Å². The number of nitrogens with one attached hydrogen (secondary N) is 1. The number of carbonyl (C=O) groups is 1. The zero-order chi connectivity index (χ0) is 17.9. The molecule has 0 atom stereocenters. The Morgan fingerprint density at radius 2 is 2.19 bits per heavy atom. The number of aromatic nitrogens is 3. The van der Waals surface area contributed by atoms with E-state index in [0.29, 0.717) is 31.0 Å². The Morgan fingerprint density at radius 1 is 1.35 bits per heavy atom. The minimum atomic E-state index is -0.0271. The van der Waals surface area contributed by atoms with Crippen molar-refractivity contribution in [1.29, 1.82) is 0 Å². The van der Waals surface area contributed by atoms with Crippen LogP contribution in [0.15, 0.2) is 10.8 Å². The van der Waals surface area contributed by atoms with Crippen molar-refractivity contribution in [2.24, 2.45) is 5.92 Å². The van der Waals surface area contributed by atoms with E-state index in [-0.39, 0.29) is 5.91 Å². The van der Waals surface area contributed by atoms with E-state index in [1.165, 1.54) is 56.2 Å². The number of nitrogens with zero attached hydrogens (tertiary/aromatic N) is 3. The van der Waals surface area contributed by atoms with E-state index in [4.69, 9.17) is 4.42 Å². The monoisotopic (exact) mass is 356 g/mol. The molecule has 140 valence electrons. The second-order valence-corrected chi connectivity index (χ2v) is 7.62. The normalized spacial score (nSPS) is 18.1. The van der Waals surface area contributed by atoms with Crippen LogP contribution in [0.4, 0.5) is 0 Å². The fraction of sp³-hybridized carbons (Fsp3) is 0.650. The molecule has 4 rings (SSSR count). The molecule has 2 aliphatic rings. The predicted octanol–water partition coefficient (Wildman–Crippen LogP) is 3.67. The van der Waals surface area contributed by atoms with Crippen LogP contribution in [0.2, 0.25) is 0 Å². The third-order valence-corrected chi connectivity index (χ3v) is 5.99. The molecule has 0 saturated heterocycles. The van der Waals surface area contributed by atoms with Crippen molar-refractivity contribution >= 4 is 5.91 Å². The second kappa shape index (κ2) is 7.64. The molecule has 6 nitrogen and oxygen atoms in total. The molecule has 0 radical (unpaired) electrons. The first-order valence-corrected chi connectivity index (χ1v) is 10.0. The molecule has 1 aliphatic carbocycles. The van der Waals surface area contributed by atoms with Crippen LogP contribution in [0, 0.1) is 5.92 Å². The molecular formula is C20H28N4O2. The highest BCUT2D eigenvalue weighted by molar-refractivity contribution is 5.93. The molecular weight excluding hydrogens is 328 g/mol. The zero-order valence-corrected chi connectivity index (χ0v) is 15.6. The first-order valence-electron chi connectivity index (χ1n) is 10.0. The molecule has 2 aromatic heterocycles. The summed E-state index contributed by atoms with van der Waals surface area (Å²) in [5.41, 5.74) is 4.03. The van der Waals surface area contributed by atoms with E-state index < -0.39 is 0 Å². The van der Waals surface area contributed by atoms with Crippen LogP contribution < -0.4 is 0 Å². The van der Waals surface area contributed by atoms with Gasteiger partial charge in [-0.2, -0.15) is 5.10 Å². The maximum atomic E-state index is 12.9. The van der Waals surface area contributed by atoms with Gasteiger partial charge in [-0.25, -0.2) is 4.98 Å². The number of aromatic amines is 1. The second-order valence-electron chi connectivity index (χ2n) is 7.62. The van der Waals surface area contributed by atoms with Gasteiger partial charge in [-0.05, 0) is 18.8 Å². The van der Waals surface area contributed by atoms with E-state index in [9.17, 15) is 4.79 Å². The maximum absolute atomic E-state index is 12.9. The number of hydrogen-bond acceptors (Lipinski definition) is 4. The van der Waals surface area contributed by atoms with Crippen LogP contribution in [-0.2, 0) is 25.8 Å². The Hall–Kier alpha value is -2.11. The van der Waals surface area contributed by atoms with Crippen molar-refractivity contribution in [2.75, 3.05) is 6.54 Å². The number of hydrogen-bond donors (Lipinski definition) is 1. The van der Waals surface area contributed by atoms with Crippen LogP contribution in [0.5, 0.6) is 0 Å². The highest BCUT2D eigenvalue weighted by Crippen LogP contribution is 2.29. The third kappa shape index (κ3) is 3.41. The van der Waals surface area contributed by atoms with Crippen LogP contribution in [-0.4, -0.2) is 32.5 Å². The zero-order valence-electron chi connectivity index (χ0n) is 15.6. The molecule has 0 unspecified atom stereocenters. The Labute approximate surface area is 154 Å². The smallest absolute Gasteiger partial charge is 0.276 e. The van der Waals surface area contributed by atoms with E-state index in [0.717, 1.165) is 24.5 Å². The van der Waals surface area contributed by atoms with E-state index >= 15 is 0 Å². The third-order valence-electron chi connectivity index (χ3n) is 5.99. The Morgan fingerprint density at radius 3 is 3.00 bits per heavy atom. The lowest BCUT2D eigenvalue weighted by Gasteiger charge is -2.27. The topological polar surface area (TPSA) is 75.0 Å². The molecule has 1 saturated carbocycles. The molecule has 0 spiro atoms. The van der Waals surface area contributed by atoms with Gasteiger partial charge in [-0.3, -0.25) is 9.89 Å². The largest absolute Gasteiger partial charge is 0.448 e. The van der Waals surface area contributed by atoms with Crippen LogP contribution in [0.1, 0.15) is 78.6 Å². The summed E-state index contributed by atoms with van der Waals surface area (Å²) < 4.78 is 5.33. The molecule has 26 heavy (non-hydrogen) atoms. The molecule has 3 heterocycles. The molecule has 0 aromatic carbocycles. The minimum absolute atomic E-state index is 0.0271. The Balaban J connectivity index is 1.44. The van der Waals surface area contributed by atoms with Gasteiger partial charge >= 0.3 is 0 Å². The van der Waals surface area contributed by atoms with Crippen molar-refractivity contribution in [3.63, 3.8) is 0 Å². The number of amides is 1. The summed E-state index contributed by atoms with van der Waals surface area (Å²) in [7, 11) is 0. The van der Waals surface area contributed by atoms with E-state index in [1.807, 2.05) is 11.8 Å². The van der Waals surface area contributed by atoms with Crippen molar-refractivity contribution in [3.8, 4) is 0 Å². The lowest BCUT2D eigenvalue weighted by atomic mass is 9.85. The van der Waals surface area contributed by atoms with Crippen molar-refractivity contribution in [2.45, 2.75) is 71.3 Å². The summed E-state index contributed by atoms with van der Waals surface area (Å²) in [6.45, 7) is 3.30. The minimum Gasteiger partial charge on any atom is -0.448 e. The fourth-order valence-corrected chi connectivity index (χ4v) is 4.40. The Kier molecular flexibility index (Phi) is 5.09. The van der Waals surface area contributed by atoms with Gasteiger partial charge in [-0.15, -0.1) is 0 Å². The van der Waals surface area contributed by atoms with Crippen LogP contribution >= 0.6 is 0 Å². The number of aryl methyl sites for hydroxylation is 2. The summed E-state index contributed by atoms with van der Waals surface area (Å²) in [6.07, 6.45) is 12.0. The number of H-pyrrole nitrogens is 1. The highest BCUT2D eigenvalue weighted by atomic mass is 16.3. The molecule has 1 N–H and O–H groups in total. The van der Waals surface area contributed by atoms with Gasteiger partial charge < -0.3 is 9.32 Å². The molecule has 6 heteroatoms. The number of fused-ring (bicyclic) bond motifs is 1. The first kappa shape index (κ1) is 17.3. The molecule has 1 fully saturated rings. The van der Waals surface area contributed by atoms with Crippen LogP contribution in [0.25, 0.3) is 0 Å². The first-order chi connectivity index (χ1) is 12.8. The quantitative estimate of drug-likeness (QED) is 0.887. The number of carbonyl (C=O) groups excluding carboxylic acids is 1. The summed E-state index contributed by atoms with van der Waals surface area (Å²) in [6, 6.07) is 0. The Bertz CT molecular complexity index is 758. The van der Waals surface area contributed by atoms with Gasteiger partial charge in [0.05, 0.1) is 5.69 Å². The van der Waals surface area contributed by atoms with Gasteiger partial charge in [0.1, 0.15) is 5.76 Å². The summed E-state index contributed by atoms with van der Waals surface area (Å²) >= 11 is 0. The van der Waals surface area contributed by atoms with Gasteiger partial charge in [0.2, 0.25) is 0 Å². The SMILES string of the molecule is CCc1ocnc1C(=O)N1CCc2[nH]nc(CCC3CCCCC3)c2C1. The van der Waals surface area contributed by atoms with Gasteiger partial charge in [-0.1, -0.05) is 39.0 Å². The average Bonchev–Trinajstić information content (AvgIpc) is 3.33. The average molecular weight is 356 g/mol. The highest BCUT2D eigenvalue weighted by Gasteiger charge is 2.28. The number of rotatable bonds is 5. The van der Waals surface area contributed by atoms with Gasteiger partial charge in [0.15, 0.2) is 12.1 Å². The molecule has 1 aliphatic heterocycles. The van der Waals surface area contributed by atoms with E-state index in [1.54, 1.807) is 0 Å². The predicted molar refractivity (Wildman–Crippen MR) is 97.8 cm³/mol. The molecule has 1 amide bonds. The van der Waals surface area contributed by atoms with Crippen molar-refractivity contribution in [3.05, 3.63) is 34.8 Å². The summed E-state index contributed by atoms with van der Waals surface area (Å²) in [5.74, 6) is 1.49. The van der Waals surface area contributed by atoms with Crippen LogP contribution in [0.3, 0.4) is 0 Å². The summed E-state index contributed by atoms with van der Waals surface area (Å²) in [5, 5.41) is 7.78. The van der Waals surface area contributed by atoms with Crippen molar-refractivity contribution in [1.82, 2.24) is 20.1 Å². The molecule has 2 aromatic rings. The fourth-order valence-electron chi connectivity index (χ4n) is 4.40.